The van der Waals surface area contributed by atoms with Crippen LogP contribution >= 0.6 is 15.9 Å². The molecule has 0 unspecified atom stereocenters. The number of pyridine rings is 1. The molecule has 0 bridgehead atoms. The second kappa shape index (κ2) is 4.53. The number of hydrogen-bond donors (Lipinski definition) is 1. The van der Waals surface area contributed by atoms with E-state index in [-0.39, 0.29) is 0 Å². The van der Waals surface area contributed by atoms with Gasteiger partial charge in [-0.3, -0.25) is 0 Å². The zero-order valence-electron chi connectivity index (χ0n) is 9.94. The lowest BCUT2D eigenvalue weighted by molar-refractivity contribution is 1.03. The summed E-state index contributed by atoms with van der Waals surface area (Å²) in [5.41, 5.74) is 4.26. The molecule has 3 rings (SSSR count). The molecule has 0 radical (unpaired) electrons. The van der Waals surface area contributed by atoms with Crippen LogP contribution in [0.4, 0.5) is 0 Å². The molecule has 0 fully saturated rings. The van der Waals surface area contributed by atoms with E-state index in [1.54, 1.807) is 0 Å². The van der Waals surface area contributed by atoms with Gasteiger partial charge in [-0.1, -0.05) is 29.8 Å². The predicted molar refractivity (Wildman–Crippen MR) is 75.6 cm³/mol. The molecular formula is C14H12BrN3. The molecule has 0 aliphatic heterocycles. The van der Waals surface area contributed by atoms with E-state index in [4.69, 9.17) is 0 Å². The maximum absolute atomic E-state index is 4.50. The summed E-state index contributed by atoms with van der Waals surface area (Å²) in [4.78, 5) is 12.1. The van der Waals surface area contributed by atoms with E-state index in [2.05, 4.69) is 62.1 Å². The van der Waals surface area contributed by atoms with Crippen LogP contribution in [0.1, 0.15) is 17.0 Å². The molecule has 0 spiro atoms. The van der Waals surface area contributed by atoms with Gasteiger partial charge in [0.2, 0.25) is 0 Å². The summed E-state index contributed by atoms with van der Waals surface area (Å²) in [6.07, 6.45) is 0.801. The van der Waals surface area contributed by atoms with E-state index >= 15 is 0 Å². The average molecular weight is 302 g/mol. The number of aryl methyl sites for hydroxylation is 1. The molecule has 0 aliphatic carbocycles. The highest BCUT2D eigenvalue weighted by molar-refractivity contribution is 9.10. The minimum absolute atomic E-state index is 0.757. The van der Waals surface area contributed by atoms with E-state index in [1.165, 1.54) is 11.1 Å². The summed E-state index contributed by atoms with van der Waals surface area (Å²) < 4.78 is 0.809. The number of imidazole rings is 1. The third-order valence-electron chi connectivity index (χ3n) is 2.82. The van der Waals surface area contributed by atoms with Crippen LogP contribution in [0.5, 0.6) is 0 Å². The summed E-state index contributed by atoms with van der Waals surface area (Å²) >= 11 is 3.35. The highest BCUT2D eigenvalue weighted by Gasteiger charge is 2.05. The van der Waals surface area contributed by atoms with Crippen molar-refractivity contribution in [2.45, 2.75) is 13.3 Å². The number of benzene rings is 1. The normalized spacial score (nSPS) is 11.0. The minimum atomic E-state index is 0.757. The molecular weight excluding hydrogens is 290 g/mol. The molecule has 90 valence electrons. The molecule has 0 saturated carbocycles. The van der Waals surface area contributed by atoms with Crippen LogP contribution in [0.15, 0.2) is 41.0 Å². The zero-order chi connectivity index (χ0) is 12.5. The van der Waals surface area contributed by atoms with Gasteiger partial charge in [0.25, 0.3) is 0 Å². The van der Waals surface area contributed by atoms with Crippen molar-refractivity contribution in [3.63, 3.8) is 0 Å². The van der Waals surface area contributed by atoms with Gasteiger partial charge >= 0.3 is 0 Å². The zero-order valence-corrected chi connectivity index (χ0v) is 11.5. The molecule has 3 nitrogen and oxygen atoms in total. The minimum Gasteiger partial charge on any atom is -0.340 e. The van der Waals surface area contributed by atoms with Crippen LogP contribution in [-0.2, 0) is 6.42 Å². The highest BCUT2D eigenvalue weighted by atomic mass is 79.9. The summed E-state index contributed by atoms with van der Waals surface area (Å²) in [6, 6.07) is 12.4. The SMILES string of the molecule is Cc1cccc(Cc2nc3nc(Br)ccc3[nH]2)c1. The fourth-order valence-electron chi connectivity index (χ4n) is 2.02. The topological polar surface area (TPSA) is 41.6 Å². The molecule has 4 heteroatoms. The number of aromatic nitrogens is 3. The largest absolute Gasteiger partial charge is 0.340 e. The first-order valence-corrected chi connectivity index (χ1v) is 6.57. The molecule has 0 atom stereocenters. The Balaban J connectivity index is 1.95. The van der Waals surface area contributed by atoms with Crippen LogP contribution < -0.4 is 0 Å². The summed E-state index contributed by atoms with van der Waals surface area (Å²) in [7, 11) is 0. The van der Waals surface area contributed by atoms with Crippen LogP contribution in [0.2, 0.25) is 0 Å². The van der Waals surface area contributed by atoms with Crippen LogP contribution in [-0.4, -0.2) is 15.0 Å². The number of halogens is 1. The van der Waals surface area contributed by atoms with Crippen molar-refractivity contribution in [1.29, 1.82) is 0 Å². The predicted octanol–water partition coefficient (Wildman–Crippen LogP) is 3.62. The first-order valence-electron chi connectivity index (χ1n) is 5.77. The fraction of sp³-hybridized carbons (Fsp3) is 0.143. The Bertz CT molecular complexity index is 703. The van der Waals surface area contributed by atoms with Crippen LogP contribution in [0.3, 0.4) is 0 Å². The monoisotopic (exact) mass is 301 g/mol. The van der Waals surface area contributed by atoms with Gasteiger partial charge < -0.3 is 4.98 Å². The Morgan fingerprint density at radius 1 is 1.17 bits per heavy atom. The third-order valence-corrected chi connectivity index (χ3v) is 3.26. The summed E-state index contributed by atoms with van der Waals surface area (Å²) in [6.45, 7) is 2.10. The molecule has 1 aromatic carbocycles. The number of fused-ring (bicyclic) bond motifs is 1. The number of rotatable bonds is 2. The van der Waals surface area contributed by atoms with Crippen molar-refractivity contribution >= 4 is 27.1 Å². The highest BCUT2D eigenvalue weighted by Crippen LogP contribution is 2.15. The maximum atomic E-state index is 4.50. The van der Waals surface area contributed by atoms with Crippen molar-refractivity contribution < 1.29 is 0 Å². The number of nitrogens with zero attached hydrogens (tertiary/aromatic N) is 2. The van der Waals surface area contributed by atoms with Crippen molar-refractivity contribution in [2.75, 3.05) is 0 Å². The molecule has 0 amide bonds. The average Bonchev–Trinajstić information content (AvgIpc) is 2.70. The molecule has 3 aromatic rings. The third kappa shape index (κ3) is 2.29. The van der Waals surface area contributed by atoms with Gasteiger partial charge in [-0.05, 0) is 40.5 Å². The van der Waals surface area contributed by atoms with Crippen LogP contribution in [0, 0.1) is 6.92 Å². The summed E-state index contributed by atoms with van der Waals surface area (Å²) in [5.74, 6) is 0.946. The summed E-state index contributed by atoms with van der Waals surface area (Å²) in [5, 5.41) is 0. The molecule has 2 aromatic heterocycles. The number of nitrogens with one attached hydrogen (secondary N) is 1. The van der Waals surface area contributed by atoms with Gasteiger partial charge in [-0.15, -0.1) is 0 Å². The number of hydrogen-bond acceptors (Lipinski definition) is 2. The van der Waals surface area contributed by atoms with E-state index in [1.807, 2.05) is 12.1 Å². The Hall–Kier alpha value is -1.68. The van der Waals surface area contributed by atoms with Gasteiger partial charge in [0, 0.05) is 6.42 Å². The Morgan fingerprint density at radius 3 is 2.89 bits per heavy atom. The van der Waals surface area contributed by atoms with Gasteiger partial charge in [0.1, 0.15) is 10.4 Å². The molecule has 18 heavy (non-hydrogen) atoms. The van der Waals surface area contributed by atoms with E-state index in [9.17, 15) is 0 Å². The Morgan fingerprint density at radius 2 is 2.06 bits per heavy atom. The van der Waals surface area contributed by atoms with Crippen LogP contribution in [0.25, 0.3) is 11.2 Å². The van der Waals surface area contributed by atoms with E-state index in [0.29, 0.717) is 0 Å². The maximum Gasteiger partial charge on any atom is 0.178 e. The van der Waals surface area contributed by atoms with Gasteiger partial charge in [-0.2, -0.15) is 0 Å². The molecule has 0 aliphatic rings. The lowest BCUT2D eigenvalue weighted by atomic mass is 10.1. The van der Waals surface area contributed by atoms with Gasteiger partial charge in [0.15, 0.2) is 5.65 Å². The molecule has 2 heterocycles. The molecule has 1 N–H and O–H groups in total. The van der Waals surface area contributed by atoms with E-state index < -0.39 is 0 Å². The van der Waals surface area contributed by atoms with Gasteiger partial charge in [-0.25, -0.2) is 9.97 Å². The van der Waals surface area contributed by atoms with Gasteiger partial charge in [0.05, 0.1) is 5.52 Å². The second-order valence-electron chi connectivity index (χ2n) is 4.35. The standard InChI is InChI=1S/C14H12BrN3/c1-9-3-2-4-10(7-9)8-13-16-11-5-6-12(15)17-14(11)18-13/h2-7H,8H2,1H3,(H,16,17,18). The first kappa shape index (κ1) is 11.4. The van der Waals surface area contributed by atoms with Crippen molar-refractivity contribution in [2.24, 2.45) is 0 Å². The Labute approximate surface area is 113 Å². The quantitative estimate of drug-likeness (QED) is 0.735. The number of H-pyrrole nitrogens is 1. The van der Waals surface area contributed by atoms with Crippen molar-refractivity contribution in [3.05, 3.63) is 58.0 Å². The lowest BCUT2D eigenvalue weighted by Crippen LogP contribution is -1.90. The molecule has 0 saturated heterocycles. The lowest BCUT2D eigenvalue weighted by Gasteiger charge is -1.99. The second-order valence-corrected chi connectivity index (χ2v) is 5.17. The fourth-order valence-corrected chi connectivity index (χ4v) is 2.32. The number of aromatic amines is 1. The Kier molecular flexibility index (Phi) is 2.88. The smallest absolute Gasteiger partial charge is 0.178 e. The van der Waals surface area contributed by atoms with E-state index in [0.717, 1.165) is 28.0 Å². The van der Waals surface area contributed by atoms with Crippen molar-refractivity contribution in [3.8, 4) is 0 Å². The first-order chi connectivity index (χ1) is 8.70. The van der Waals surface area contributed by atoms with Crippen molar-refractivity contribution in [1.82, 2.24) is 15.0 Å².